The van der Waals surface area contributed by atoms with Crippen molar-refractivity contribution in [2.45, 2.75) is 32.3 Å². The third kappa shape index (κ3) is 3.80. The predicted molar refractivity (Wildman–Crippen MR) is 78.3 cm³/mol. The summed E-state index contributed by atoms with van der Waals surface area (Å²) in [6.07, 6.45) is 1.58. The molecule has 2 aromatic rings. The first-order valence-electron chi connectivity index (χ1n) is 6.34. The monoisotopic (exact) mass is 323 g/mol. The van der Waals surface area contributed by atoms with E-state index < -0.39 is 0 Å². The minimum absolute atomic E-state index is 0.441. The quantitative estimate of drug-likeness (QED) is 0.765. The second-order valence-electron chi connectivity index (χ2n) is 4.78. The van der Waals surface area contributed by atoms with Crippen LogP contribution in [0.1, 0.15) is 25.2 Å². The summed E-state index contributed by atoms with van der Waals surface area (Å²) in [7, 11) is 0. The van der Waals surface area contributed by atoms with Gasteiger partial charge in [0, 0.05) is 17.4 Å². The molecule has 19 heavy (non-hydrogen) atoms. The first-order chi connectivity index (χ1) is 9.20. The fourth-order valence-electron chi connectivity index (χ4n) is 1.80. The summed E-state index contributed by atoms with van der Waals surface area (Å²) >= 11 is 3.46. The largest absolute Gasteiger partial charge is 0.485 e. The molecular weight excluding hydrogens is 306 g/mol. The van der Waals surface area contributed by atoms with Crippen LogP contribution in [0.25, 0.3) is 0 Å². The Balaban J connectivity index is 2.04. The standard InChI is InChI=1S/C14H18BrN3O/c1-11(2)8-18-14(16-10-17-18)9-19-13-6-4-3-5-12(13)7-15/h3-6,10-11H,7-9H2,1-2H3. The van der Waals surface area contributed by atoms with E-state index in [0.29, 0.717) is 12.5 Å². The third-order valence-corrected chi connectivity index (χ3v) is 3.31. The maximum atomic E-state index is 5.84. The molecule has 1 heterocycles. The van der Waals surface area contributed by atoms with Gasteiger partial charge in [-0.05, 0) is 12.0 Å². The predicted octanol–water partition coefficient (Wildman–Crippen LogP) is 3.41. The van der Waals surface area contributed by atoms with Crippen molar-refractivity contribution in [1.82, 2.24) is 14.8 Å². The third-order valence-electron chi connectivity index (χ3n) is 2.71. The van der Waals surface area contributed by atoms with E-state index in [-0.39, 0.29) is 0 Å². The van der Waals surface area contributed by atoms with Crippen LogP contribution >= 0.6 is 15.9 Å². The van der Waals surface area contributed by atoms with Crippen LogP contribution in [0.2, 0.25) is 0 Å². The fraction of sp³-hybridized carbons (Fsp3) is 0.429. The number of halogens is 1. The van der Waals surface area contributed by atoms with Gasteiger partial charge in [-0.25, -0.2) is 9.67 Å². The number of aromatic nitrogens is 3. The molecule has 0 radical (unpaired) electrons. The van der Waals surface area contributed by atoms with Gasteiger partial charge in [0.15, 0.2) is 5.82 Å². The Kier molecular flexibility index (Phi) is 4.96. The number of benzene rings is 1. The highest BCUT2D eigenvalue weighted by Crippen LogP contribution is 2.21. The average molecular weight is 324 g/mol. The highest BCUT2D eigenvalue weighted by molar-refractivity contribution is 9.08. The maximum absolute atomic E-state index is 5.84. The minimum Gasteiger partial charge on any atom is -0.485 e. The number of hydrogen-bond donors (Lipinski definition) is 0. The molecule has 0 aliphatic heterocycles. The fourth-order valence-corrected chi connectivity index (χ4v) is 2.26. The molecule has 0 saturated carbocycles. The lowest BCUT2D eigenvalue weighted by Crippen LogP contribution is -2.12. The van der Waals surface area contributed by atoms with Crippen molar-refractivity contribution in [2.75, 3.05) is 0 Å². The Morgan fingerprint density at radius 3 is 2.84 bits per heavy atom. The molecule has 102 valence electrons. The maximum Gasteiger partial charge on any atom is 0.164 e. The van der Waals surface area contributed by atoms with Crippen LogP contribution in [0.15, 0.2) is 30.6 Å². The molecule has 0 aliphatic carbocycles. The lowest BCUT2D eigenvalue weighted by molar-refractivity contribution is 0.281. The summed E-state index contributed by atoms with van der Waals surface area (Å²) in [6, 6.07) is 7.99. The first kappa shape index (κ1) is 14.1. The zero-order valence-electron chi connectivity index (χ0n) is 11.2. The van der Waals surface area contributed by atoms with E-state index in [0.717, 1.165) is 29.0 Å². The average Bonchev–Trinajstić information content (AvgIpc) is 2.83. The van der Waals surface area contributed by atoms with Gasteiger partial charge in [-0.2, -0.15) is 5.10 Å². The summed E-state index contributed by atoms with van der Waals surface area (Å²) in [4.78, 5) is 4.25. The molecule has 2 rings (SSSR count). The van der Waals surface area contributed by atoms with Gasteiger partial charge in [0.25, 0.3) is 0 Å². The van der Waals surface area contributed by atoms with E-state index in [1.165, 1.54) is 0 Å². The van der Waals surface area contributed by atoms with E-state index in [1.807, 2.05) is 28.9 Å². The number of alkyl halides is 1. The van der Waals surface area contributed by atoms with Crippen molar-refractivity contribution in [3.8, 4) is 5.75 Å². The van der Waals surface area contributed by atoms with E-state index in [4.69, 9.17) is 4.74 Å². The molecule has 0 unspecified atom stereocenters. The number of para-hydroxylation sites is 1. The van der Waals surface area contributed by atoms with E-state index >= 15 is 0 Å². The van der Waals surface area contributed by atoms with Crippen molar-refractivity contribution in [1.29, 1.82) is 0 Å². The molecular formula is C14H18BrN3O. The normalized spacial score (nSPS) is 10.9. The molecule has 1 aromatic carbocycles. The van der Waals surface area contributed by atoms with Crippen molar-refractivity contribution in [3.63, 3.8) is 0 Å². The number of hydrogen-bond acceptors (Lipinski definition) is 3. The molecule has 0 aliphatic rings. The highest BCUT2D eigenvalue weighted by Gasteiger charge is 2.08. The van der Waals surface area contributed by atoms with Crippen LogP contribution < -0.4 is 4.74 Å². The van der Waals surface area contributed by atoms with Gasteiger partial charge in [0.1, 0.15) is 18.7 Å². The van der Waals surface area contributed by atoms with Gasteiger partial charge in [-0.15, -0.1) is 0 Å². The zero-order chi connectivity index (χ0) is 13.7. The molecule has 0 bridgehead atoms. The van der Waals surface area contributed by atoms with Gasteiger partial charge < -0.3 is 4.74 Å². The first-order valence-corrected chi connectivity index (χ1v) is 7.46. The smallest absolute Gasteiger partial charge is 0.164 e. The van der Waals surface area contributed by atoms with Crippen molar-refractivity contribution < 1.29 is 4.74 Å². The van der Waals surface area contributed by atoms with Crippen molar-refractivity contribution in [3.05, 3.63) is 42.0 Å². The minimum atomic E-state index is 0.441. The summed E-state index contributed by atoms with van der Waals surface area (Å²) in [5.41, 5.74) is 1.14. The summed E-state index contributed by atoms with van der Waals surface area (Å²) < 4.78 is 7.75. The molecule has 4 nitrogen and oxygen atoms in total. The van der Waals surface area contributed by atoms with Crippen LogP contribution in [-0.4, -0.2) is 14.8 Å². The zero-order valence-corrected chi connectivity index (χ0v) is 12.8. The lowest BCUT2D eigenvalue weighted by atomic mass is 10.2. The van der Waals surface area contributed by atoms with Gasteiger partial charge in [0.2, 0.25) is 0 Å². The molecule has 0 fully saturated rings. The van der Waals surface area contributed by atoms with Crippen molar-refractivity contribution in [2.24, 2.45) is 5.92 Å². The van der Waals surface area contributed by atoms with Crippen LogP contribution in [-0.2, 0) is 18.5 Å². The molecule has 0 atom stereocenters. The number of ether oxygens (including phenoxy) is 1. The molecule has 0 N–H and O–H groups in total. The summed E-state index contributed by atoms with van der Waals surface area (Å²) in [6.45, 7) is 5.62. The van der Waals surface area contributed by atoms with Gasteiger partial charge in [-0.3, -0.25) is 0 Å². The van der Waals surface area contributed by atoms with Gasteiger partial charge >= 0.3 is 0 Å². The Labute approximate surface area is 121 Å². The van der Waals surface area contributed by atoms with Gasteiger partial charge in [0.05, 0.1) is 0 Å². The summed E-state index contributed by atoms with van der Waals surface area (Å²) in [5, 5.41) is 5.01. The topological polar surface area (TPSA) is 39.9 Å². The molecule has 0 amide bonds. The van der Waals surface area contributed by atoms with Crippen LogP contribution in [0.3, 0.4) is 0 Å². The number of nitrogens with zero attached hydrogens (tertiary/aromatic N) is 3. The highest BCUT2D eigenvalue weighted by atomic mass is 79.9. The molecule has 0 spiro atoms. The van der Waals surface area contributed by atoms with E-state index in [1.54, 1.807) is 6.33 Å². The Hall–Kier alpha value is -1.36. The Morgan fingerprint density at radius 2 is 2.11 bits per heavy atom. The van der Waals surface area contributed by atoms with Gasteiger partial charge in [-0.1, -0.05) is 48.0 Å². The van der Waals surface area contributed by atoms with Crippen LogP contribution in [0, 0.1) is 5.92 Å². The molecule has 0 saturated heterocycles. The van der Waals surface area contributed by atoms with E-state index in [9.17, 15) is 0 Å². The second-order valence-corrected chi connectivity index (χ2v) is 5.34. The lowest BCUT2D eigenvalue weighted by Gasteiger charge is -2.11. The Bertz CT molecular complexity index is 525. The summed E-state index contributed by atoms with van der Waals surface area (Å²) in [5.74, 6) is 2.28. The van der Waals surface area contributed by atoms with E-state index in [2.05, 4.69) is 39.9 Å². The van der Waals surface area contributed by atoms with Crippen LogP contribution in [0.5, 0.6) is 5.75 Å². The molecule has 1 aromatic heterocycles. The number of rotatable bonds is 6. The SMILES string of the molecule is CC(C)Cn1ncnc1COc1ccccc1CBr. The van der Waals surface area contributed by atoms with Crippen LogP contribution in [0.4, 0.5) is 0 Å². The Morgan fingerprint density at radius 1 is 1.32 bits per heavy atom. The second kappa shape index (κ2) is 6.70. The molecule has 5 heteroatoms. The van der Waals surface area contributed by atoms with Crippen molar-refractivity contribution >= 4 is 15.9 Å².